The normalized spacial score (nSPS) is 23.3. The number of piperazine rings is 1. The lowest BCUT2D eigenvalue weighted by Gasteiger charge is -2.35. The summed E-state index contributed by atoms with van der Waals surface area (Å²) in [4.78, 5) is 16.7. The molecule has 0 N–H and O–H groups in total. The first kappa shape index (κ1) is 16.5. The van der Waals surface area contributed by atoms with E-state index in [1.165, 1.54) is 6.42 Å². The average Bonchev–Trinajstić information content (AvgIpc) is 3.21. The lowest BCUT2D eigenvalue weighted by molar-refractivity contribution is 0.0519. The number of hydrogen-bond acceptors (Lipinski definition) is 6. The number of carbonyl (C=O) groups is 1. The lowest BCUT2D eigenvalue weighted by atomic mass is 10.1. The maximum Gasteiger partial charge on any atom is 0.341 e. The van der Waals surface area contributed by atoms with E-state index in [2.05, 4.69) is 9.80 Å². The Kier molecular flexibility index (Phi) is 5.70. The number of hydrogen-bond donors (Lipinski definition) is 0. The molecule has 1 atom stereocenters. The van der Waals surface area contributed by atoms with Gasteiger partial charge in [0.15, 0.2) is 0 Å². The Morgan fingerprint density at radius 1 is 1.30 bits per heavy atom. The van der Waals surface area contributed by atoms with Crippen molar-refractivity contribution >= 4 is 5.97 Å². The molecule has 0 bridgehead atoms. The largest absolute Gasteiger partial charge is 0.467 e. The van der Waals surface area contributed by atoms with Crippen molar-refractivity contribution in [3.05, 3.63) is 23.7 Å². The van der Waals surface area contributed by atoms with E-state index in [4.69, 9.17) is 13.9 Å². The van der Waals surface area contributed by atoms with Crippen molar-refractivity contribution in [2.24, 2.45) is 5.92 Å². The third kappa shape index (κ3) is 4.34. The highest BCUT2D eigenvalue weighted by molar-refractivity contribution is 5.90. The van der Waals surface area contributed by atoms with Crippen LogP contribution in [-0.2, 0) is 16.0 Å². The van der Waals surface area contributed by atoms with Gasteiger partial charge in [-0.1, -0.05) is 0 Å². The first-order valence-corrected chi connectivity index (χ1v) is 8.52. The molecule has 2 fully saturated rings. The molecule has 0 unspecified atom stereocenters. The van der Waals surface area contributed by atoms with Crippen LogP contribution in [0, 0.1) is 5.92 Å². The van der Waals surface area contributed by atoms with Gasteiger partial charge in [0.05, 0.1) is 26.0 Å². The van der Waals surface area contributed by atoms with Gasteiger partial charge in [-0.05, 0) is 25.3 Å². The summed E-state index contributed by atoms with van der Waals surface area (Å²) in [5.74, 6) is 1.11. The monoisotopic (exact) mass is 322 g/mol. The van der Waals surface area contributed by atoms with Crippen molar-refractivity contribution in [1.29, 1.82) is 0 Å². The van der Waals surface area contributed by atoms with Crippen molar-refractivity contribution in [2.45, 2.75) is 19.9 Å². The summed E-state index contributed by atoms with van der Waals surface area (Å²) < 4.78 is 16.0. The minimum Gasteiger partial charge on any atom is -0.467 e. The Morgan fingerprint density at radius 2 is 2.09 bits per heavy atom. The SMILES string of the molecule is CCOC(=O)c1ccoc1CN1CCN(C[C@@H]2CCOC2)CC1. The van der Waals surface area contributed by atoms with E-state index in [-0.39, 0.29) is 5.97 Å². The fraction of sp³-hybridized carbons (Fsp3) is 0.706. The van der Waals surface area contributed by atoms with Crippen LogP contribution in [0.3, 0.4) is 0 Å². The first-order chi connectivity index (χ1) is 11.3. The topological polar surface area (TPSA) is 55.2 Å². The standard InChI is InChI=1S/C17H26N2O4/c1-2-22-17(20)15-4-10-23-16(15)12-19-7-5-18(6-8-19)11-14-3-9-21-13-14/h4,10,14H,2-3,5-9,11-13H2,1H3/t14-/m0/s1. The molecule has 1 aromatic heterocycles. The molecule has 128 valence electrons. The quantitative estimate of drug-likeness (QED) is 0.742. The Morgan fingerprint density at radius 3 is 2.78 bits per heavy atom. The van der Waals surface area contributed by atoms with Gasteiger partial charge in [0.2, 0.25) is 0 Å². The molecule has 1 aromatic rings. The van der Waals surface area contributed by atoms with E-state index in [0.29, 0.717) is 30.4 Å². The molecule has 3 rings (SSSR count). The van der Waals surface area contributed by atoms with Crippen LogP contribution >= 0.6 is 0 Å². The van der Waals surface area contributed by atoms with Gasteiger partial charge in [0.1, 0.15) is 11.3 Å². The van der Waals surface area contributed by atoms with Gasteiger partial charge >= 0.3 is 5.97 Å². The second kappa shape index (κ2) is 7.95. The summed E-state index contributed by atoms with van der Waals surface area (Å²) in [7, 11) is 0. The highest BCUT2D eigenvalue weighted by Gasteiger charge is 2.24. The molecule has 23 heavy (non-hydrogen) atoms. The molecule has 6 heteroatoms. The highest BCUT2D eigenvalue weighted by atomic mass is 16.5. The second-order valence-corrected chi connectivity index (χ2v) is 6.28. The summed E-state index contributed by atoms with van der Waals surface area (Å²) >= 11 is 0. The van der Waals surface area contributed by atoms with Crippen molar-refractivity contribution in [3.63, 3.8) is 0 Å². The highest BCUT2D eigenvalue weighted by Crippen LogP contribution is 2.18. The van der Waals surface area contributed by atoms with E-state index in [1.54, 1.807) is 12.3 Å². The summed E-state index contributed by atoms with van der Waals surface area (Å²) in [5, 5.41) is 0. The van der Waals surface area contributed by atoms with Gasteiger partial charge in [-0.15, -0.1) is 0 Å². The van der Waals surface area contributed by atoms with E-state index in [0.717, 1.165) is 45.9 Å². The van der Waals surface area contributed by atoms with Crippen LogP contribution in [0.25, 0.3) is 0 Å². The summed E-state index contributed by atoms with van der Waals surface area (Å²) in [5.41, 5.74) is 0.553. The Balaban J connectivity index is 1.47. The van der Waals surface area contributed by atoms with E-state index in [1.807, 2.05) is 6.92 Å². The third-order valence-corrected chi connectivity index (χ3v) is 4.61. The zero-order chi connectivity index (χ0) is 16.1. The van der Waals surface area contributed by atoms with Crippen LogP contribution < -0.4 is 0 Å². The number of furan rings is 1. The predicted molar refractivity (Wildman–Crippen MR) is 85.3 cm³/mol. The first-order valence-electron chi connectivity index (χ1n) is 8.52. The molecule has 0 amide bonds. The molecule has 3 heterocycles. The fourth-order valence-electron chi connectivity index (χ4n) is 3.28. The summed E-state index contributed by atoms with van der Waals surface area (Å²) in [6.07, 6.45) is 2.76. The summed E-state index contributed by atoms with van der Waals surface area (Å²) in [6.45, 7) is 9.95. The van der Waals surface area contributed by atoms with Gasteiger partial charge < -0.3 is 18.8 Å². The van der Waals surface area contributed by atoms with Crippen molar-refractivity contribution in [3.8, 4) is 0 Å². The lowest BCUT2D eigenvalue weighted by Crippen LogP contribution is -2.47. The molecule has 2 saturated heterocycles. The second-order valence-electron chi connectivity index (χ2n) is 6.28. The van der Waals surface area contributed by atoms with Gasteiger partial charge in [-0.25, -0.2) is 4.79 Å². The van der Waals surface area contributed by atoms with Crippen LogP contribution in [0.1, 0.15) is 29.5 Å². The van der Waals surface area contributed by atoms with Gasteiger partial charge in [-0.3, -0.25) is 4.90 Å². The molecule has 0 aromatic carbocycles. The van der Waals surface area contributed by atoms with Gasteiger partial charge in [0, 0.05) is 39.3 Å². The molecule has 0 saturated carbocycles. The van der Waals surface area contributed by atoms with E-state index >= 15 is 0 Å². The minimum atomic E-state index is -0.295. The van der Waals surface area contributed by atoms with Crippen LogP contribution in [0.5, 0.6) is 0 Å². The number of ether oxygens (including phenoxy) is 2. The minimum absolute atomic E-state index is 0.295. The molecular formula is C17H26N2O4. The van der Waals surface area contributed by atoms with Crippen molar-refractivity contribution in [1.82, 2.24) is 9.80 Å². The zero-order valence-corrected chi connectivity index (χ0v) is 13.8. The maximum absolute atomic E-state index is 11.9. The number of carbonyl (C=O) groups excluding carboxylic acids is 1. The Labute approximate surface area is 137 Å². The molecule has 2 aliphatic heterocycles. The Hall–Kier alpha value is -1.37. The van der Waals surface area contributed by atoms with Crippen LogP contribution in [-0.4, -0.2) is 68.3 Å². The molecule has 6 nitrogen and oxygen atoms in total. The Bertz CT molecular complexity index is 502. The van der Waals surface area contributed by atoms with Gasteiger partial charge in [0.25, 0.3) is 0 Å². The van der Waals surface area contributed by atoms with Crippen molar-refractivity contribution < 1.29 is 18.7 Å². The van der Waals surface area contributed by atoms with Crippen molar-refractivity contribution in [2.75, 3.05) is 52.5 Å². The van der Waals surface area contributed by atoms with Crippen LogP contribution in [0.15, 0.2) is 16.7 Å². The molecule has 0 radical (unpaired) electrons. The third-order valence-electron chi connectivity index (χ3n) is 4.61. The van der Waals surface area contributed by atoms with E-state index < -0.39 is 0 Å². The number of esters is 1. The smallest absolute Gasteiger partial charge is 0.341 e. The summed E-state index contributed by atoms with van der Waals surface area (Å²) in [6, 6.07) is 1.70. The maximum atomic E-state index is 11.9. The number of rotatable bonds is 6. The predicted octanol–water partition coefficient (Wildman–Crippen LogP) is 1.61. The molecule has 0 aliphatic carbocycles. The molecule has 0 spiro atoms. The van der Waals surface area contributed by atoms with Crippen LogP contribution in [0.2, 0.25) is 0 Å². The fourth-order valence-corrected chi connectivity index (χ4v) is 3.28. The molecular weight excluding hydrogens is 296 g/mol. The number of nitrogens with zero attached hydrogens (tertiary/aromatic N) is 2. The van der Waals surface area contributed by atoms with E-state index in [9.17, 15) is 4.79 Å². The average molecular weight is 322 g/mol. The zero-order valence-electron chi connectivity index (χ0n) is 13.8. The van der Waals surface area contributed by atoms with Gasteiger partial charge in [-0.2, -0.15) is 0 Å². The van der Waals surface area contributed by atoms with Crippen LogP contribution in [0.4, 0.5) is 0 Å². The molecule has 2 aliphatic rings.